The van der Waals surface area contributed by atoms with E-state index < -0.39 is 0 Å². The molecule has 14 heavy (non-hydrogen) atoms. The summed E-state index contributed by atoms with van der Waals surface area (Å²) in [5.41, 5.74) is 2.82. The average molecular weight is 189 g/mol. The lowest BCUT2D eigenvalue weighted by Gasteiger charge is -2.09. The molecule has 0 aromatic heterocycles. The van der Waals surface area contributed by atoms with Gasteiger partial charge in [-0.25, -0.2) is 0 Å². The molecule has 1 atom stereocenters. The van der Waals surface area contributed by atoms with Crippen LogP contribution in [0.2, 0.25) is 0 Å². The molecule has 1 rings (SSSR count). The van der Waals surface area contributed by atoms with Crippen molar-refractivity contribution in [1.29, 1.82) is 0 Å². The molecule has 1 aromatic carbocycles. The van der Waals surface area contributed by atoms with E-state index in [1.54, 1.807) is 0 Å². The van der Waals surface area contributed by atoms with Gasteiger partial charge < -0.3 is 0 Å². The van der Waals surface area contributed by atoms with Crippen LogP contribution in [0.5, 0.6) is 0 Å². The largest absolute Gasteiger partial charge is 0.0654 e. The van der Waals surface area contributed by atoms with E-state index in [2.05, 4.69) is 51.5 Å². The summed E-state index contributed by atoms with van der Waals surface area (Å²) in [6, 6.07) is 8.99. The van der Waals surface area contributed by atoms with Crippen molar-refractivity contribution in [3.8, 4) is 0 Å². The summed E-state index contributed by atoms with van der Waals surface area (Å²) in [5.74, 6) is 0.690. The first kappa shape index (κ1) is 11.3. The lowest BCUT2D eigenvalue weighted by molar-refractivity contribution is 0.733. The van der Waals surface area contributed by atoms with Crippen LogP contribution in [-0.4, -0.2) is 0 Å². The third kappa shape index (κ3) is 3.17. The van der Waals surface area contributed by atoms with Gasteiger partial charge in [-0.2, -0.15) is 0 Å². The summed E-state index contributed by atoms with van der Waals surface area (Å²) in [4.78, 5) is 0. The smallest absolute Gasteiger partial charge is 0.00932 e. The second kappa shape index (κ2) is 5.85. The van der Waals surface area contributed by atoms with Crippen LogP contribution in [0.15, 0.2) is 24.3 Å². The molecule has 0 N–H and O–H groups in total. The minimum absolute atomic E-state index is 0.690. The standard InChI is InChI=1S/C14H21/c1-4-6-7-13-8-10-14(11-9-13)12(3)5-2/h7-12H,4-6H2,1-3H3. The van der Waals surface area contributed by atoms with E-state index in [1.807, 2.05) is 0 Å². The van der Waals surface area contributed by atoms with Crippen LogP contribution < -0.4 is 0 Å². The maximum absolute atomic E-state index is 2.31. The van der Waals surface area contributed by atoms with Crippen LogP contribution in [0.25, 0.3) is 0 Å². The van der Waals surface area contributed by atoms with E-state index in [0.29, 0.717) is 5.92 Å². The minimum Gasteiger partial charge on any atom is -0.0654 e. The average Bonchev–Trinajstić information content (AvgIpc) is 2.26. The van der Waals surface area contributed by atoms with Gasteiger partial charge in [-0.1, -0.05) is 51.5 Å². The number of unbranched alkanes of at least 4 members (excludes halogenated alkanes) is 1. The van der Waals surface area contributed by atoms with Crippen molar-refractivity contribution in [2.75, 3.05) is 0 Å². The van der Waals surface area contributed by atoms with Gasteiger partial charge in [-0.15, -0.1) is 0 Å². The molecule has 0 saturated carbocycles. The zero-order valence-electron chi connectivity index (χ0n) is 9.59. The van der Waals surface area contributed by atoms with E-state index >= 15 is 0 Å². The molecule has 0 nitrogen and oxygen atoms in total. The molecule has 77 valence electrons. The number of benzene rings is 1. The first-order valence-corrected chi connectivity index (χ1v) is 5.71. The van der Waals surface area contributed by atoms with Crippen molar-refractivity contribution in [3.05, 3.63) is 41.8 Å². The second-order valence-electron chi connectivity index (χ2n) is 3.97. The maximum Gasteiger partial charge on any atom is -0.00932 e. The zero-order chi connectivity index (χ0) is 10.4. The Bertz CT molecular complexity index is 245. The number of hydrogen-bond acceptors (Lipinski definition) is 0. The first-order valence-electron chi connectivity index (χ1n) is 5.71. The lowest BCUT2D eigenvalue weighted by atomic mass is 9.97. The monoisotopic (exact) mass is 189 g/mol. The topological polar surface area (TPSA) is 0 Å². The Morgan fingerprint density at radius 2 is 1.79 bits per heavy atom. The molecule has 0 aliphatic rings. The Morgan fingerprint density at radius 1 is 1.14 bits per heavy atom. The fourth-order valence-corrected chi connectivity index (χ4v) is 1.51. The van der Waals surface area contributed by atoms with Crippen molar-refractivity contribution in [1.82, 2.24) is 0 Å². The molecular weight excluding hydrogens is 168 g/mol. The molecule has 1 unspecified atom stereocenters. The third-order valence-corrected chi connectivity index (χ3v) is 2.79. The molecule has 0 heterocycles. The molecule has 1 radical (unpaired) electrons. The van der Waals surface area contributed by atoms with Crippen LogP contribution in [0.4, 0.5) is 0 Å². The van der Waals surface area contributed by atoms with Crippen LogP contribution in [0.1, 0.15) is 57.1 Å². The molecule has 0 saturated heterocycles. The Hall–Kier alpha value is -0.780. The second-order valence-corrected chi connectivity index (χ2v) is 3.97. The number of hydrogen-bond donors (Lipinski definition) is 0. The van der Waals surface area contributed by atoms with E-state index in [-0.39, 0.29) is 0 Å². The first-order chi connectivity index (χ1) is 6.77. The maximum atomic E-state index is 2.31. The van der Waals surface area contributed by atoms with E-state index in [4.69, 9.17) is 0 Å². The highest BCUT2D eigenvalue weighted by Crippen LogP contribution is 2.19. The highest BCUT2D eigenvalue weighted by Gasteiger charge is 2.01. The van der Waals surface area contributed by atoms with Gasteiger partial charge in [-0.05, 0) is 36.3 Å². The van der Waals surface area contributed by atoms with Crippen LogP contribution in [0, 0.1) is 6.42 Å². The summed E-state index contributed by atoms with van der Waals surface area (Å²) in [7, 11) is 0. The molecular formula is C14H21. The van der Waals surface area contributed by atoms with Crippen molar-refractivity contribution < 1.29 is 0 Å². The molecule has 0 fully saturated rings. The predicted octanol–water partition coefficient (Wildman–Crippen LogP) is 4.55. The fourth-order valence-electron chi connectivity index (χ4n) is 1.51. The van der Waals surface area contributed by atoms with Crippen molar-refractivity contribution in [3.63, 3.8) is 0 Å². The molecule has 0 aliphatic carbocycles. The quantitative estimate of drug-likeness (QED) is 0.637. The zero-order valence-corrected chi connectivity index (χ0v) is 9.59. The summed E-state index contributed by atoms with van der Waals surface area (Å²) >= 11 is 0. The minimum atomic E-state index is 0.690. The van der Waals surface area contributed by atoms with E-state index in [0.717, 1.165) is 0 Å². The van der Waals surface area contributed by atoms with Gasteiger partial charge in [-0.3, -0.25) is 0 Å². The van der Waals surface area contributed by atoms with E-state index in [9.17, 15) is 0 Å². The molecule has 1 aromatic rings. The molecule has 0 aliphatic heterocycles. The van der Waals surface area contributed by atoms with Crippen LogP contribution >= 0.6 is 0 Å². The van der Waals surface area contributed by atoms with Crippen molar-refractivity contribution in [2.24, 2.45) is 0 Å². The Kier molecular flexibility index (Phi) is 4.72. The van der Waals surface area contributed by atoms with E-state index in [1.165, 1.54) is 30.4 Å². The van der Waals surface area contributed by atoms with Gasteiger partial charge in [0.15, 0.2) is 0 Å². The highest BCUT2D eigenvalue weighted by atomic mass is 14.1. The summed E-state index contributed by atoms with van der Waals surface area (Å²) in [6.45, 7) is 6.73. The SMILES string of the molecule is CCC[CH]c1ccc(C(C)CC)cc1. The Balaban J connectivity index is 2.59. The van der Waals surface area contributed by atoms with Gasteiger partial charge in [0, 0.05) is 0 Å². The van der Waals surface area contributed by atoms with Gasteiger partial charge in [0.1, 0.15) is 0 Å². The molecule has 0 amide bonds. The molecule has 0 heteroatoms. The lowest BCUT2D eigenvalue weighted by Crippen LogP contribution is -1.91. The number of rotatable bonds is 5. The van der Waals surface area contributed by atoms with Gasteiger partial charge >= 0.3 is 0 Å². The summed E-state index contributed by atoms with van der Waals surface area (Å²) < 4.78 is 0. The predicted molar refractivity (Wildman–Crippen MR) is 63.5 cm³/mol. The van der Waals surface area contributed by atoms with Crippen LogP contribution in [-0.2, 0) is 0 Å². The van der Waals surface area contributed by atoms with Crippen molar-refractivity contribution >= 4 is 0 Å². The Labute approximate surface area is 88.4 Å². The van der Waals surface area contributed by atoms with Gasteiger partial charge in [0.25, 0.3) is 0 Å². The molecule has 0 spiro atoms. The highest BCUT2D eigenvalue weighted by molar-refractivity contribution is 5.29. The third-order valence-electron chi connectivity index (χ3n) is 2.79. The van der Waals surface area contributed by atoms with Gasteiger partial charge in [0.2, 0.25) is 0 Å². The Morgan fingerprint density at radius 3 is 2.29 bits per heavy atom. The van der Waals surface area contributed by atoms with Gasteiger partial charge in [0.05, 0.1) is 0 Å². The summed E-state index contributed by atoms with van der Waals surface area (Å²) in [6.07, 6.45) is 5.94. The molecule has 0 bridgehead atoms. The fraction of sp³-hybridized carbons (Fsp3) is 0.500. The normalized spacial score (nSPS) is 12.8. The van der Waals surface area contributed by atoms with Crippen molar-refractivity contribution in [2.45, 2.75) is 46.0 Å². The summed E-state index contributed by atoms with van der Waals surface area (Å²) in [5, 5.41) is 0. The van der Waals surface area contributed by atoms with Crippen LogP contribution in [0.3, 0.4) is 0 Å².